The Bertz CT molecular complexity index is 7570. The lowest BCUT2D eigenvalue weighted by Crippen LogP contribution is -1.95. The minimum absolute atomic E-state index is 0.575. The first-order valence-corrected chi connectivity index (χ1v) is 43.0. The van der Waals surface area contributed by atoms with Gasteiger partial charge in [-0.05, 0) is 142 Å². The van der Waals surface area contributed by atoms with E-state index in [1.165, 1.54) is 98.4 Å². The molecule has 0 amide bonds. The van der Waals surface area contributed by atoms with Crippen LogP contribution in [0, 0.1) is 0 Å². The summed E-state index contributed by atoms with van der Waals surface area (Å²) >= 11 is 7.20. The third-order valence-electron chi connectivity index (χ3n) is 22.0. The fraction of sp³-hybridized carbons (Fsp3) is 0. The lowest BCUT2D eigenvalue weighted by atomic mass is 10.0. The predicted octanol–water partition coefficient (Wildman–Crippen LogP) is 31.2. The van der Waals surface area contributed by atoms with Crippen molar-refractivity contribution in [2.75, 3.05) is 0 Å². The Morgan fingerprint density at radius 1 is 0.183 bits per heavy atom. The first-order valence-electron chi connectivity index (χ1n) is 39.7. The number of para-hydroxylation sites is 2. The van der Waals surface area contributed by atoms with Crippen LogP contribution in [-0.2, 0) is 0 Å². The van der Waals surface area contributed by atoms with Crippen molar-refractivity contribution in [3.63, 3.8) is 0 Å². The molecular formula is C108H66N6O2S4. The van der Waals surface area contributed by atoms with Crippen LogP contribution in [0.4, 0.5) is 0 Å². The summed E-state index contributed by atoms with van der Waals surface area (Å²) in [4.78, 5) is 31.5. The Hall–Kier alpha value is -14.8. The van der Waals surface area contributed by atoms with Crippen LogP contribution < -0.4 is 0 Å². The fourth-order valence-electron chi connectivity index (χ4n) is 16.0. The van der Waals surface area contributed by atoms with Gasteiger partial charge in [0, 0.05) is 109 Å². The van der Waals surface area contributed by atoms with E-state index in [1.807, 2.05) is 102 Å². The topological polar surface area (TPSA) is 104 Å². The molecule has 0 bridgehead atoms. The number of nitrogens with zero attached hydrogens (tertiary/aromatic N) is 6. The molecule has 8 nitrogen and oxygen atoms in total. The number of thiophene rings is 4. The predicted molar refractivity (Wildman–Crippen MR) is 505 cm³/mol. The Kier molecular flexibility index (Phi) is 18.6. The van der Waals surface area contributed by atoms with E-state index in [2.05, 4.69) is 322 Å². The number of hydrogen-bond acceptors (Lipinski definition) is 12. The Morgan fingerprint density at radius 3 is 1.03 bits per heavy atom. The molecule has 0 aliphatic heterocycles. The molecule has 24 aromatic rings. The molecule has 0 atom stereocenters. The summed E-state index contributed by atoms with van der Waals surface area (Å²) in [5, 5.41) is 10.9. The monoisotopic (exact) mass is 1610 g/mol. The Morgan fingerprint density at radius 2 is 0.525 bits per heavy atom. The molecule has 9 heterocycles. The van der Waals surface area contributed by atoms with Crippen molar-refractivity contribution in [1.82, 2.24) is 29.9 Å². The van der Waals surface area contributed by atoms with Crippen LogP contribution in [0.3, 0.4) is 0 Å². The zero-order valence-corrected chi connectivity index (χ0v) is 67.5. The SMILES string of the molecule is c1ccc(-c2ccc(-c3cc(-c4ccc5sc6ccccc6c5c4)nc(-c4cc5ccccc5o4)n3)cc2)cc1.c1ccc(-c2ccc(-c3cc(-c4ccc5sc6ccccc6c5c4)nc(-c4cc5ccccc5s4)n3)cc2)cc1.c1ccc(-c2cccc(-c3cc(-c4cccc5c4sc4ccccc45)nc(-c4cc5ccccc5o4)n3)c2)cc1. The second kappa shape index (κ2) is 31.0. The van der Waals surface area contributed by atoms with Gasteiger partial charge in [0.15, 0.2) is 29.0 Å². The van der Waals surface area contributed by atoms with Crippen molar-refractivity contribution in [3.8, 4) is 135 Å². The normalized spacial score (nSPS) is 11.5. The maximum atomic E-state index is 6.24. The largest absolute Gasteiger partial charge is 0.453 e. The standard InChI is InChI=1S/2C36H22N2OS.C36H22N2S2/c1-2-10-23(11-3-1)24-13-8-14-25(20-24)30-22-31(38-36(37-30)33-21-26-12-4-6-18-32(26)39-33)29-17-9-16-28-27-15-5-7-19-34(27)40-35(28)29;1-2-8-23(9-3-1)24-14-16-25(17-15-24)30-22-31(38-36(37-30)33-21-27-10-4-6-12-32(27)39-33)26-18-19-35-29(20-26)28-11-5-7-13-34(28)40-35;1-2-8-23(9-3-1)24-14-16-25(17-15-24)30-22-31(38-36(37-30)35-21-27-10-4-6-12-32(27)39-35)26-18-19-34-29(20-26)28-11-5-7-13-33(28)40-34/h3*1-22H. The summed E-state index contributed by atoms with van der Waals surface area (Å²) in [5.74, 6) is 3.23. The van der Waals surface area contributed by atoms with Crippen LogP contribution >= 0.6 is 45.3 Å². The molecule has 0 N–H and O–H groups in total. The van der Waals surface area contributed by atoms with E-state index < -0.39 is 0 Å². The molecule has 24 rings (SSSR count). The molecule has 0 radical (unpaired) electrons. The van der Waals surface area contributed by atoms with Gasteiger partial charge in [-0.2, -0.15) is 0 Å². The maximum absolute atomic E-state index is 6.24. The van der Waals surface area contributed by atoms with Gasteiger partial charge >= 0.3 is 0 Å². The molecule has 0 saturated heterocycles. The molecule has 0 fully saturated rings. The van der Waals surface area contributed by atoms with Crippen molar-refractivity contribution in [1.29, 1.82) is 0 Å². The van der Waals surface area contributed by atoms with Gasteiger partial charge in [0.25, 0.3) is 0 Å². The quantitative estimate of drug-likeness (QED) is 0.119. The van der Waals surface area contributed by atoms with E-state index in [0.717, 1.165) is 106 Å². The van der Waals surface area contributed by atoms with E-state index in [9.17, 15) is 0 Å². The summed E-state index contributed by atoms with van der Waals surface area (Å²) in [7, 11) is 0. The second-order valence-corrected chi connectivity index (χ2v) is 33.9. The Balaban J connectivity index is 0.000000108. The number of hydrogen-bond donors (Lipinski definition) is 0. The summed E-state index contributed by atoms with van der Waals surface area (Å²) in [6, 6.07) is 140. The first-order chi connectivity index (χ1) is 59.4. The summed E-state index contributed by atoms with van der Waals surface area (Å²) in [5.41, 5.74) is 20.4. The highest BCUT2D eigenvalue weighted by atomic mass is 32.1. The highest BCUT2D eigenvalue weighted by molar-refractivity contribution is 7.27. The highest BCUT2D eigenvalue weighted by Gasteiger charge is 2.22. The first kappa shape index (κ1) is 71.8. The van der Waals surface area contributed by atoms with Gasteiger partial charge in [0.2, 0.25) is 0 Å². The smallest absolute Gasteiger partial charge is 0.196 e. The molecule has 15 aromatic carbocycles. The second-order valence-electron chi connectivity index (χ2n) is 29.6. The minimum atomic E-state index is 0.575. The van der Waals surface area contributed by atoms with Gasteiger partial charge < -0.3 is 8.83 Å². The third kappa shape index (κ3) is 14.0. The van der Waals surface area contributed by atoms with Crippen LogP contribution in [0.1, 0.15) is 0 Å². The van der Waals surface area contributed by atoms with Gasteiger partial charge in [0.1, 0.15) is 11.2 Å². The zero-order chi connectivity index (χ0) is 79.4. The van der Waals surface area contributed by atoms with E-state index in [-0.39, 0.29) is 0 Å². The van der Waals surface area contributed by atoms with Crippen LogP contribution in [0.2, 0.25) is 0 Å². The van der Waals surface area contributed by atoms with Crippen molar-refractivity contribution in [3.05, 3.63) is 400 Å². The van der Waals surface area contributed by atoms with Crippen molar-refractivity contribution >= 4 is 138 Å². The summed E-state index contributed by atoms with van der Waals surface area (Å²) in [6.07, 6.45) is 0. The summed E-state index contributed by atoms with van der Waals surface area (Å²) in [6.45, 7) is 0. The molecule has 0 aliphatic rings. The summed E-state index contributed by atoms with van der Waals surface area (Å²) < 4.78 is 21.3. The number of rotatable bonds is 12. The number of fused-ring (bicyclic) bond motifs is 12. The molecule has 0 aliphatic carbocycles. The van der Waals surface area contributed by atoms with Crippen molar-refractivity contribution in [2.24, 2.45) is 0 Å². The van der Waals surface area contributed by atoms with E-state index >= 15 is 0 Å². The number of benzene rings is 15. The average Bonchev–Trinajstić information content (AvgIpc) is 1.65. The molecular weight excluding hydrogens is 1540 g/mol. The van der Waals surface area contributed by atoms with E-state index in [0.29, 0.717) is 23.2 Å². The molecule has 9 aromatic heterocycles. The molecule has 12 heteroatoms. The van der Waals surface area contributed by atoms with Gasteiger partial charge in [-0.25, -0.2) is 29.9 Å². The zero-order valence-electron chi connectivity index (χ0n) is 64.2. The number of furan rings is 2. The van der Waals surface area contributed by atoms with Gasteiger partial charge in [-0.15, -0.1) is 45.3 Å². The molecule has 0 unspecified atom stereocenters. The molecule has 564 valence electrons. The molecule has 0 spiro atoms. The maximum Gasteiger partial charge on any atom is 0.196 e. The third-order valence-corrected chi connectivity index (χ3v) is 26.6. The van der Waals surface area contributed by atoms with E-state index in [4.69, 9.17) is 38.7 Å². The van der Waals surface area contributed by atoms with Gasteiger partial charge in [0.05, 0.1) is 39.0 Å². The van der Waals surface area contributed by atoms with Crippen molar-refractivity contribution in [2.45, 2.75) is 0 Å². The van der Waals surface area contributed by atoms with Crippen LogP contribution in [0.5, 0.6) is 0 Å². The van der Waals surface area contributed by atoms with Crippen LogP contribution in [0.15, 0.2) is 409 Å². The molecule has 120 heavy (non-hydrogen) atoms. The Labute approximate surface area is 706 Å². The van der Waals surface area contributed by atoms with Crippen LogP contribution in [-0.4, -0.2) is 29.9 Å². The average molecular weight is 1610 g/mol. The minimum Gasteiger partial charge on any atom is -0.453 e. The fourth-order valence-corrected chi connectivity index (χ4v) is 20.4. The van der Waals surface area contributed by atoms with Crippen molar-refractivity contribution < 1.29 is 8.83 Å². The van der Waals surface area contributed by atoms with Gasteiger partial charge in [-0.1, -0.05) is 297 Å². The molecule has 0 saturated carbocycles. The highest BCUT2D eigenvalue weighted by Crippen LogP contribution is 2.45. The number of aromatic nitrogens is 6. The lowest BCUT2D eigenvalue weighted by Gasteiger charge is -2.10. The van der Waals surface area contributed by atoms with Crippen LogP contribution in [0.25, 0.3) is 227 Å². The van der Waals surface area contributed by atoms with E-state index in [1.54, 1.807) is 22.7 Å². The van der Waals surface area contributed by atoms with Gasteiger partial charge in [-0.3, -0.25) is 0 Å². The lowest BCUT2D eigenvalue weighted by molar-refractivity contribution is 0.625.